The normalized spacial score (nSPS) is 10.2. The highest BCUT2D eigenvalue weighted by Crippen LogP contribution is 2.31. The lowest BCUT2D eigenvalue weighted by Gasteiger charge is -2.13. The zero-order valence-electron chi connectivity index (χ0n) is 14.0. The third-order valence-corrected chi connectivity index (χ3v) is 3.96. The Labute approximate surface area is 149 Å². The van der Waals surface area contributed by atoms with Crippen LogP contribution < -0.4 is 14.8 Å². The van der Waals surface area contributed by atoms with Gasteiger partial charge in [-0.25, -0.2) is 0 Å². The first-order valence-corrected chi connectivity index (χ1v) is 7.68. The molecule has 25 heavy (non-hydrogen) atoms. The number of nitro groups is 1. The Bertz CT molecular complexity index is 823. The number of halogens is 1. The van der Waals surface area contributed by atoms with E-state index in [1.54, 1.807) is 12.1 Å². The van der Waals surface area contributed by atoms with Crippen LogP contribution in [-0.4, -0.2) is 25.1 Å². The number of ether oxygens (including phenoxy) is 2. The van der Waals surface area contributed by atoms with E-state index in [4.69, 9.17) is 21.1 Å². The van der Waals surface area contributed by atoms with Crippen LogP contribution in [-0.2, 0) is 11.2 Å². The fourth-order valence-corrected chi connectivity index (χ4v) is 2.47. The second kappa shape index (κ2) is 7.85. The van der Waals surface area contributed by atoms with Crippen molar-refractivity contribution >= 4 is 28.9 Å². The molecule has 0 fully saturated rings. The van der Waals surface area contributed by atoms with Gasteiger partial charge in [-0.05, 0) is 36.2 Å². The number of amides is 1. The molecule has 132 valence electrons. The van der Waals surface area contributed by atoms with Gasteiger partial charge in [-0.3, -0.25) is 14.9 Å². The average Bonchev–Trinajstić information content (AvgIpc) is 2.57. The summed E-state index contributed by atoms with van der Waals surface area (Å²) in [7, 11) is 3.05. The summed E-state index contributed by atoms with van der Waals surface area (Å²) < 4.78 is 10.5. The Hall–Kier alpha value is -2.80. The van der Waals surface area contributed by atoms with Crippen molar-refractivity contribution in [3.8, 4) is 11.5 Å². The maximum Gasteiger partial charge on any atom is 0.271 e. The zero-order valence-corrected chi connectivity index (χ0v) is 14.7. The van der Waals surface area contributed by atoms with Gasteiger partial charge in [0.1, 0.15) is 0 Å². The number of nitro benzene ring substituents is 1. The lowest BCUT2D eigenvalue weighted by molar-refractivity contribution is -0.384. The molecule has 0 radical (unpaired) electrons. The van der Waals surface area contributed by atoms with Gasteiger partial charge in [0.05, 0.1) is 36.3 Å². The van der Waals surface area contributed by atoms with Gasteiger partial charge in [0, 0.05) is 12.1 Å². The van der Waals surface area contributed by atoms with E-state index >= 15 is 0 Å². The molecule has 0 bridgehead atoms. The summed E-state index contributed by atoms with van der Waals surface area (Å²) >= 11 is 5.99. The number of hydrogen-bond acceptors (Lipinski definition) is 5. The summed E-state index contributed by atoms with van der Waals surface area (Å²) in [5.41, 5.74) is 1.65. The van der Waals surface area contributed by atoms with Crippen molar-refractivity contribution in [1.29, 1.82) is 0 Å². The van der Waals surface area contributed by atoms with Gasteiger partial charge in [0.2, 0.25) is 5.91 Å². The van der Waals surface area contributed by atoms with E-state index in [0.29, 0.717) is 11.5 Å². The van der Waals surface area contributed by atoms with E-state index in [1.807, 2.05) is 6.92 Å². The molecule has 8 heteroatoms. The lowest BCUT2D eigenvalue weighted by Crippen LogP contribution is -2.15. The van der Waals surface area contributed by atoms with E-state index in [9.17, 15) is 14.9 Å². The second-order valence-corrected chi connectivity index (χ2v) is 5.69. The third-order valence-electron chi connectivity index (χ3n) is 3.63. The third kappa shape index (κ3) is 4.39. The molecular weight excluding hydrogens is 348 g/mol. The van der Waals surface area contributed by atoms with Crippen molar-refractivity contribution < 1.29 is 19.2 Å². The van der Waals surface area contributed by atoms with Gasteiger partial charge in [-0.2, -0.15) is 0 Å². The summed E-state index contributed by atoms with van der Waals surface area (Å²) in [5, 5.41) is 13.7. The molecule has 0 aliphatic rings. The molecule has 0 aromatic heterocycles. The predicted octanol–water partition coefficient (Wildman–Crippen LogP) is 3.76. The number of aryl methyl sites for hydroxylation is 1. The van der Waals surface area contributed by atoms with Gasteiger partial charge in [0.15, 0.2) is 11.5 Å². The first-order chi connectivity index (χ1) is 11.8. The molecule has 0 saturated heterocycles. The van der Waals surface area contributed by atoms with Crippen LogP contribution in [0.1, 0.15) is 11.1 Å². The molecule has 7 nitrogen and oxygen atoms in total. The van der Waals surface area contributed by atoms with Crippen LogP contribution in [0.3, 0.4) is 0 Å². The highest BCUT2D eigenvalue weighted by molar-refractivity contribution is 6.33. The molecule has 0 heterocycles. The number of methoxy groups -OCH3 is 2. The Morgan fingerprint density at radius 1 is 1.20 bits per heavy atom. The Kier molecular flexibility index (Phi) is 5.82. The van der Waals surface area contributed by atoms with Crippen molar-refractivity contribution in [2.75, 3.05) is 19.5 Å². The average molecular weight is 365 g/mol. The molecule has 0 aliphatic carbocycles. The zero-order chi connectivity index (χ0) is 18.6. The number of rotatable bonds is 6. The second-order valence-electron chi connectivity index (χ2n) is 5.28. The number of benzene rings is 2. The molecule has 0 unspecified atom stereocenters. The smallest absolute Gasteiger partial charge is 0.271 e. The van der Waals surface area contributed by atoms with Crippen LogP contribution in [0, 0.1) is 17.0 Å². The van der Waals surface area contributed by atoms with Crippen LogP contribution in [0.25, 0.3) is 0 Å². The predicted molar refractivity (Wildman–Crippen MR) is 94.7 cm³/mol. The summed E-state index contributed by atoms with van der Waals surface area (Å²) in [4.78, 5) is 22.6. The van der Waals surface area contributed by atoms with E-state index < -0.39 is 4.92 Å². The molecule has 1 amide bonds. The number of nitrogens with one attached hydrogen (secondary N) is 1. The van der Waals surface area contributed by atoms with Gasteiger partial charge in [-0.1, -0.05) is 11.6 Å². The Morgan fingerprint density at radius 2 is 1.84 bits per heavy atom. The van der Waals surface area contributed by atoms with Crippen molar-refractivity contribution in [2.24, 2.45) is 0 Å². The minimum absolute atomic E-state index is 0.0607. The molecule has 2 aromatic rings. The number of nitrogens with zero attached hydrogens (tertiary/aromatic N) is 1. The maximum atomic E-state index is 12.3. The minimum atomic E-state index is -0.551. The fourth-order valence-electron chi connectivity index (χ4n) is 2.30. The number of carbonyl (C=O) groups excluding carboxylic acids is 1. The molecule has 0 aliphatic heterocycles. The van der Waals surface area contributed by atoms with Crippen LogP contribution in [0.5, 0.6) is 11.5 Å². The van der Waals surface area contributed by atoms with Gasteiger partial charge < -0.3 is 14.8 Å². The van der Waals surface area contributed by atoms with Crippen molar-refractivity contribution in [2.45, 2.75) is 13.3 Å². The van der Waals surface area contributed by atoms with E-state index in [0.717, 1.165) is 11.1 Å². The van der Waals surface area contributed by atoms with Crippen molar-refractivity contribution in [3.63, 3.8) is 0 Å². The molecule has 0 atom stereocenters. The maximum absolute atomic E-state index is 12.3. The highest BCUT2D eigenvalue weighted by atomic mass is 35.5. The standard InChI is InChI=1S/C17H17ClN2O5/c1-10-6-15(24-2)16(25-3)7-11(10)8-17(21)19-14-9-12(20(22)23)4-5-13(14)18/h4-7,9H,8H2,1-3H3,(H,19,21). The van der Waals surface area contributed by atoms with Crippen LogP contribution >= 0.6 is 11.6 Å². The largest absolute Gasteiger partial charge is 0.493 e. The number of non-ortho nitro benzene ring substituents is 1. The summed E-state index contributed by atoms with van der Waals surface area (Å²) in [6, 6.07) is 7.37. The quantitative estimate of drug-likeness (QED) is 0.622. The first kappa shape index (κ1) is 18.5. The molecule has 1 N–H and O–H groups in total. The van der Waals surface area contributed by atoms with Crippen LogP contribution in [0.2, 0.25) is 5.02 Å². The van der Waals surface area contributed by atoms with E-state index in [-0.39, 0.29) is 28.7 Å². The fraction of sp³-hybridized carbons (Fsp3) is 0.235. The van der Waals surface area contributed by atoms with Gasteiger partial charge in [-0.15, -0.1) is 0 Å². The van der Waals surface area contributed by atoms with Gasteiger partial charge in [0.25, 0.3) is 5.69 Å². The van der Waals surface area contributed by atoms with E-state index in [1.165, 1.54) is 32.4 Å². The monoisotopic (exact) mass is 364 g/mol. The van der Waals surface area contributed by atoms with Crippen LogP contribution in [0.15, 0.2) is 30.3 Å². The molecule has 0 saturated carbocycles. The van der Waals surface area contributed by atoms with Crippen molar-refractivity contribution in [1.82, 2.24) is 0 Å². The van der Waals surface area contributed by atoms with E-state index in [2.05, 4.69) is 5.32 Å². The molecule has 0 spiro atoms. The minimum Gasteiger partial charge on any atom is -0.493 e. The number of anilines is 1. The highest BCUT2D eigenvalue weighted by Gasteiger charge is 2.15. The molecule has 2 rings (SSSR count). The Morgan fingerprint density at radius 3 is 2.44 bits per heavy atom. The first-order valence-electron chi connectivity index (χ1n) is 7.31. The van der Waals surface area contributed by atoms with Crippen molar-refractivity contribution in [3.05, 3.63) is 56.6 Å². The summed E-state index contributed by atoms with van der Waals surface area (Å²) in [6.07, 6.45) is 0.0607. The molecular formula is C17H17ClN2O5. The summed E-state index contributed by atoms with van der Waals surface area (Å²) in [6.45, 7) is 1.85. The van der Waals surface area contributed by atoms with Gasteiger partial charge >= 0.3 is 0 Å². The number of carbonyl (C=O) groups is 1. The number of hydrogen-bond donors (Lipinski definition) is 1. The Balaban J connectivity index is 2.21. The summed E-state index contributed by atoms with van der Waals surface area (Å²) in [5.74, 6) is 0.743. The topological polar surface area (TPSA) is 90.7 Å². The SMILES string of the molecule is COc1cc(C)c(CC(=O)Nc2cc([N+](=O)[O-])ccc2Cl)cc1OC. The lowest BCUT2D eigenvalue weighted by atomic mass is 10.0. The molecule has 2 aromatic carbocycles. The van der Waals surface area contributed by atoms with Crippen LogP contribution in [0.4, 0.5) is 11.4 Å².